The Morgan fingerprint density at radius 1 is 1.44 bits per heavy atom. The summed E-state index contributed by atoms with van der Waals surface area (Å²) in [6.07, 6.45) is 1.50. The number of ether oxygens (including phenoxy) is 1. The van der Waals surface area contributed by atoms with Gasteiger partial charge in [-0.3, -0.25) is 14.3 Å². The second-order valence-corrected chi connectivity index (χ2v) is 3.91. The Kier molecular flexibility index (Phi) is 3.57. The summed E-state index contributed by atoms with van der Waals surface area (Å²) in [7, 11) is 0. The first-order valence-corrected chi connectivity index (χ1v) is 5.77. The molecule has 0 atom stereocenters. The molecule has 0 radical (unpaired) electrons. The van der Waals surface area contributed by atoms with Crippen LogP contribution in [0.1, 0.15) is 6.92 Å². The van der Waals surface area contributed by atoms with Crippen molar-refractivity contribution in [1.82, 2.24) is 9.55 Å². The maximum absolute atomic E-state index is 13.7. The summed E-state index contributed by atoms with van der Waals surface area (Å²) >= 11 is 5.00. The molecule has 0 amide bonds. The molecule has 6 heteroatoms. The molecular weight excluding hydrogens is 255 g/mol. The Hall–Kier alpha value is -1.95. The lowest BCUT2D eigenvalue weighted by Crippen LogP contribution is -2.10. The average Bonchev–Trinajstić information content (AvgIpc) is 2.32. The number of aromatic amines is 1. The molecule has 0 saturated carbocycles. The minimum Gasteiger partial charge on any atom is -0.491 e. The molecule has 1 aromatic heterocycles. The number of hydrogen-bond donors (Lipinski definition) is 1. The van der Waals surface area contributed by atoms with Gasteiger partial charge < -0.3 is 4.74 Å². The van der Waals surface area contributed by atoms with Crippen molar-refractivity contribution < 1.29 is 9.13 Å². The number of hydrogen-bond acceptors (Lipinski definition) is 3. The predicted molar refractivity (Wildman–Crippen MR) is 68.4 cm³/mol. The monoisotopic (exact) mass is 266 g/mol. The third-order valence-electron chi connectivity index (χ3n) is 2.32. The molecule has 0 aliphatic carbocycles. The summed E-state index contributed by atoms with van der Waals surface area (Å²) in [4.78, 5) is 13.5. The summed E-state index contributed by atoms with van der Waals surface area (Å²) in [6, 6.07) is 5.83. The smallest absolute Gasteiger partial charge is 0.251 e. The zero-order valence-electron chi connectivity index (χ0n) is 9.64. The van der Waals surface area contributed by atoms with Crippen LogP contribution in [0.15, 0.2) is 35.3 Å². The molecule has 0 unspecified atom stereocenters. The van der Waals surface area contributed by atoms with Crippen molar-refractivity contribution in [2.45, 2.75) is 6.92 Å². The van der Waals surface area contributed by atoms with Crippen LogP contribution in [0.2, 0.25) is 0 Å². The fraction of sp³-hybridized carbons (Fsp3) is 0.167. The van der Waals surface area contributed by atoms with E-state index in [1.54, 1.807) is 13.0 Å². The molecule has 1 N–H and O–H groups in total. The minimum atomic E-state index is -0.470. The van der Waals surface area contributed by atoms with E-state index in [0.29, 0.717) is 12.3 Å². The Labute approximate surface area is 108 Å². The van der Waals surface area contributed by atoms with E-state index in [4.69, 9.17) is 17.0 Å². The second-order valence-electron chi connectivity index (χ2n) is 3.53. The van der Waals surface area contributed by atoms with Gasteiger partial charge in [0.25, 0.3) is 5.56 Å². The van der Waals surface area contributed by atoms with Gasteiger partial charge in [0, 0.05) is 18.3 Å². The number of H-pyrrole nitrogens is 1. The quantitative estimate of drug-likeness (QED) is 0.868. The van der Waals surface area contributed by atoms with Crippen molar-refractivity contribution >= 4 is 12.2 Å². The fourth-order valence-electron chi connectivity index (χ4n) is 1.53. The average molecular weight is 266 g/mol. The zero-order chi connectivity index (χ0) is 13.1. The molecule has 0 spiro atoms. The number of benzene rings is 1. The van der Waals surface area contributed by atoms with E-state index in [1.165, 1.54) is 29.0 Å². The molecule has 1 heterocycles. The number of rotatable bonds is 3. The first-order valence-electron chi connectivity index (χ1n) is 5.36. The molecule has 0 saturated heterocycles. The largest absolute Gasteiger partial charge is 0.491 e. The molecule has 4 nitrogen and oxygen atoms in total. The highest BCUT2D eigenvalue weighted by Crippen LogP contribution is 2.20. The maximum Gasteiger partial charge on any atom is 0.251 e. The van der Waals surface area contributed by atoms with E-state index in [2.05, 4.69) is 4.98 Å². The summed E-state index contributed by atoms with van der Waals surface area (Å²) < 4.78 is 20.5. The molecule has 0 aliphatic rings. The lowest BCUT2D eigenvalue weighted by atomic mass is 10.3. The summed E-state index contributed by atoms with van der Waals surface area (Å²) in [5.41, 5.74) is 0.236. The molecule has 1 aromatic carbocycles. The van der Waals surface area contributed by atoms with Gasteiger partial charge in [0.15, 0.2) is 16.3 Å². The Morgan fingerprint density at radius 3 is 2.83 bits per heavy atom. The number of halogens is 1. The summed E-state index contributed by atoms with van der Waals surface area (Å²) in [5, 5.41) is 0. The molecule has 2 rings (SSSR count). The van der Waals surface area contributed by atoms with E-state index < -0.39 is 5.82 Å². The molecule has 0 fully saturated rings. The standard InChI is InChI=1S/C12H11FN2O2S/c1-2-17-10-4-3-8(7-9(10)13)15-6-5-11(16)14-12(15)18/h3-7H,2H2,1H3,(H,14,16,18). The van der Waals surface area contributed by atoms with Gasteiger partial charge in [-0.2, -0.15) is 0 Å². The van der Waals surface area contributed by atoms with Crippen LogP contribution in [0.5, 0.6) is 5.75 Å². The van der Waals surface area contributed by atoms with E-state index >= 15 is 0 Å². The highest BCUT2D eigenvalue weighted by atomic mass is 32.1. The van der Waals surface area contributed by atoms with Gasteiger partial charge in [-0.1, -0.05) is 0 Å². The van der Waals surface area contributed by atoms with Gasteiger partial charge in [0.2, 0.25) is 0 Å². The van der Waals surface area contributed by atoms with Gasteiger partial charge in [-0.25, -0.2) is 4.39 Å². The van der Waals surface area contributed by atoms with E-state index in [1.807, 2.05) is 0 Å². The van der Waals surface area contributed by atoms with Crippen LogP contribution in [-0.4, -0.2) is 16.2 Å². The van der Waals surface area contributed by atoms with E-state index in [-0.39, 0.29) is 16.1 Å². The number of nitrogens with zero attached hydrogens (tertiary/aromatic N) is 1. The van der Waals surface area contributed by atoms with Crippen LogP contribution in [0.25, 0.3) is 5.69 Å². The highest BCUT2D eigenvalue weighted by Gasteiger charge is 2.05. The van der Waals surface area contributed by atoms with Crippen molar-refractivity contribution in [2.24, 2.45) is 0 Å². The van der Waals surface area contributed by atoms with E-state index in [9.17, 15) is 9.18 Å². The van der Waals surface area contributed by atoms with Crippen molar-refractivity contribution in [2.75, 3.05) is 6.61 Å². The summed E-state index contributed by atoms with van der Waals surface area (Å²) in [5.74, 6) is -0.278. The Bertz CT molecular complexity index is 678. The van der Waals surface area contributed by atoms with Crippen LogP contribution in [0, 0.1) is 10.6 Å². The van der Waals surface area contributed by atoms with Gasteiger partial charge in [0.1, 0.15) is 0 Å². The number of nitrogens with one attached hydrogen (secondary N) is 1. The third-order valence-corrected chi connectivity index (χ3v) is 2.62. The molecule has 2 aromatic rings. The minimum absolute atomic E-state index is 0.192. The van der Waals surface area contributed by atoms with Gasteiger partial charge in [-0.15, -0.1) is 0 Å². The molecule has 0 bridgehead atoms. The lowest BCUT2D eigenvalue weighted by molar-refractivity contribution is 0.321. The first kappa shape index (κ1) is 12.5. The molecular formula is C12H11FN2O2S. The maximum atomic E-state index is 13.7. The van der Waals surface area contributed by atoms with Crippen LogP contribution >= 0.6 is 12.2 Å². The second kappa shape index (κ2) is 5.14. The van der Waals surface area contributed by atoms with Crippen LogP contribution in [0.4, 0.5) is 4.39 Å². The molecule has 94 valence electrons. The highest BCUT2D eigenvalue weighted by molar-refractivity contribution is 7.71. The Balaban J connectivity index is 2.49. The van der Waals surface area contributed by atoms with E-state index in [0.717, 1.165) is 0 Å². The lowest BCUT2D eigenvalue weighted by Gasteiger charge is -2.09. The van der Waals surface area contributed by atoms with Crippen LogP contribution < -0.4 is 10.3 Å². The van der Waals surface area contributed by atoms with Crippen molar-refractivity contribution in [3.8, 4) is 11.4 Å². The first-order chi connectivity index (χ1) is 8.61. The predicted octanol–water partition coefficient (Wildman–Crippen LogP) is 2.43. The van der Waals surface area contributed by atoms with Crippen LogP contribution in [-0.2, 0) is 0 Å². The Morgan fingerprint density at radius 2 is 2.22 bits per heavy atom. The summed E-state index contributed by atoms with van der Waals surface area (Å²) in [6.45, 7) is 2.18. The van der Waals surface area contributed by atoms with Gasteiger partial charge >= 0.3 is 0 Å². The van der Waals surface area contributed by atoms with Crippen LogP contribution in [0.3, 0.4) is 0 Å². The normalized spacial score (nSPS) is 10.3. The molecule has 0 aliphatic heterocycles. The number of aromatic nitrogens is 2. The van der Waals surface area contributed by atoms with Crippen molar-refractivity contribution in [1.29, 1.82) is 0 Å². The van der Waals surface area contributed by atoms with Crippen molar-refractivity contribution in [3.05, 3.63) is 51.4 Å². The topological polar surface area (TPSA) is 47.0 Å². The molecule has 18 heavy (non-hydrogen) atoms. The third kappa shape index (κ3) is 2.48. The SMILES string of the molecule is CCOc1ccc(-n2ccc(=O)[nH]c2=S)cc1F. The zero-order valence-corrected chi connectivity index (χ0v) is 10.5. The van der Waals surface area contributed by atoms with Gasteiger partial charge in [-0.05, 0) is 31.3 Å². The van der Waals surface area contributed by atoms with Crippen molar-refractivity contribution in [3.63, 3.8) is 0 Å². The van der Waals surface area contributed by atoms with Gasteiger partial charge in [0.05, 0.1) is 12.3 Å². The fourth-order valence-corrected chi connectivity index (χ4v) is 1.80.